The summed E-state index contributed by atoms with van der Waals surface area (Å²) in [4.78, 5) is 3.51. The van der Waals surface area contributed by atoms with Gasteiger partial charge in [-0.05, 0) is 42.9 Å². The minimum Gasteiger partial charge on any atom is -0.355 e. The van der Waals surface area contributed by atoms with Crippen LogP contribution in [-0.4, -0.2) is 37.4 Å². The molecule has 0 aliphatic carbocycles. The zero-order chi connectivity index (χ0) is 17.5. The first-order chi connectivity index (χ1) is 12.8. The standard InChI is InChI=1S/C19H18N6S/c1-13-17(12-22-26-13)14-4-5-15-10-21-25(18(15)8-14)16-9-19(23-20-11-16)24-6-2-3-7-24/h4-5,8-12H,2-3,6-7H2,1H3. The number of nitrogens with zero attached hydrogens (tertiary/aromatic N) is 6. The molecule has 1 aliphatic heterocycles. The number of anilines is 1. The lowest BCUT2D eigenvalue weighted by atomic mass is 10.1. The second-order valence-electron chi connectivity index (χ2n) is 6.59. The molecule has 0 spiro atoms. The van der Waals surface area contributed by atoms with Gasteiger partial charge in [-0.15, -0.1) is 5.10 Å². The highest BCUT2D eigenvalue weighted by molar-refractivity contribution is 7.06. The Labute approximate surface area is 155 Å². The van der Waals surface area contributed by atoms with Crippen molar-refractivity contribution in [3.8, 4) is 16.8 Å². The van der Waals surface area contributed by atoms with Crippen molar-refractivity contribution in [2.24, 2.45) is 0 Å². The molecule has 1 aromatic carbocycles. The largest absolute Gasteiger partial charge is 0.355 e. The van der Waals surface area contributed by atoms with Gasteiger partial charge in [0.2, 0.25) is 0 Å². The minimum absolute atomic E-state index is 0.928. The first kappa shape index (κ1) is 15.5. The van der Waals surface area contributed by atoms with E-state index >= 15 is 0 Å². The van der Waals surface area contributed by atoms with Gasteiger partial charge >= 0.3 is 0 Å². The van der Waals surface area contributed by atoms with Gasteiger partial charge in [0.05, 0.1) is 23.6 Å². The molecule has 0 saturated carbocycles. The molecule has 0 atom stereocenters. The van der Waals surface area contributed by atoms with Gasteiger partial charge in [0.1, 0.15) is 0 Å². The number of hydrogen-bond donors (Lipinski definition) is 0. The monoisotopic (exact) mass is 362 g/mol. The molecule has 0 unspecified atom stereocenters. The lowest BCUT2D eigenvalue weighted by molar-refractivity contribution is 0.855. The normalized spacial score (nSPS) is 14.4. The van der Waals surface area contributed by atoms with Crippen LogP contribution in [0.4, 0.5) is 5.82 Å². The van der Waals surface area contributed by atoms with E-state index in [1.165, 1.54) is 34.8 Å². The van der Waals surface area contributed by atoms with Crippen LogP contribution in [0.3, 0.4) is 0 Å². The van der Waals surface area contributed by atoms with Gasteiger partial charge in [0, 0.05) is 41.2 Å². The molecule has 26 heavy (non-hydrogen) atoms. The van der Waals surface area contributed by atoms with Crippen LogP contribution in [-0.2, 0) is 0 Å². The van der Waals surface area contributed by atoms with E-state index in [-0.39, 0.29) is 0 Å². The number of rotatable bonds is 3. The van der Waals surface area contributed by atoms with Crippen LogP contribution >= 0.6 is 11.5 Å². The third kappa shape index (κ3) is 2.55. The van der Waals surface area contributed by atoms with E-state index in [4.69, 9.17) is 0 Å². The molecular weight excluding hydrogens is 344 g/mol. The van der Waals surface area contributed by atoms with E-state index in [1.807, 2.05) is 17.1 Å². The number of benzene rings is 1. The molecule has 1 saturated heterocycles. The molecule has 1 aliphatic rings. The van der Waals surface area contributed by atoms with Gasteiger partial charge in [0.25, 0.3) is 0 Å². The zero-order valence-corrected chi connectivity index (χ0v) is 15.3. The summed E-state index contributed by atoms with van der Waals surface area (Å²) in [5, 5.41) is 14.2. The Morgan fingerprint density at radius 1 is 1.04 bits per heavy atom. The molecule has 5 rings (SSSR count). The van der Waals surface area contributed by atoms with Crippen molar-refractivity contribution in [3.05, 3.63) is 47.7 Å². The fourth-order valence-electron chi connectivity index (χ4n) is 3.53. The molecule has 7 heteroatoms. The fourth-order valence-corrected chi connectivity index (χ4v) is 4.11. The molecule has 0 radical (unpaired) electrons. The van der Waals surface area contributed by atoms with Crippen LogP contribution in [0.25, 0.3) is 27.7 Å². The molecule has 0 amide bonds. The lowest BCUT2D eigenvalue weighted by Gasteiger charge is -2.16. The Kier molecular flexibility index (Phi) is 3.67. The number of aromatic nitrogens is 5. The Morgan fingerprint density at radius 3 is 2.73 bits per heavy atom. The highest BCUT2D eigenvalue weighted by Crippen LogP contribution is 2.30. The maximum Gasteiger partial charge on any atom is 0.153 e. The maximum absolute atomic E-state index is 4.60. The number of hydrogen-bond acceptors (Lipinski definition) is 6. The summed E-state index contributed by atoms with van der Waals surface area (Å²) in [5.41, 5.74) is 4.34. The second-order valence-corrected chi connectivity index (χ2v) is 7.60. The average Bonchev–Trinajstić information content (AvgIpc) is 3.42. The Morgan fingerprint density at radius 2 is 1.92 bits per heavy atom. The van der Waals surface area contributed by atoms with Gasteiger partial charge in [-0.1, -0.05) is 12.1 Å². The van der Waals surface area contributed by atoms with Crippen molar-refractivity contribution in [1.82, 2.24) is 24.4 Å². The summed E-state index contributed by atoms with van der Waals surface area (Å²) >= 11 is 1.53. The van der Waals surface area contributed by atoms with E-state index in [0.717, 1.165) is 41.1 Å². The first-order valence-corrected chi connectivity index (χ1v) is 9.54. The molecule has 4 heterocycles. The Bertz CT molecular complexity index is 1080. The molecule has 1 fully saturated rings. The zero-order valence-electron chi connectivity index (χ0n) is 14.5. The predicted molar refractivity (Wildman–Crippen MR) is 104 cm³/mol. The molecule has 4 aromatic rings. The van der Waals surface area contributed by atoms with Gasteiger partial charge in [-0.3, -0.25) is 0 Å². The van der Waals surface area contributed by atoms with E-state index < -0.39 is 0 Å². The number of aryl methyl sites for hydroxylation is 1. The smallest absolute Gasteiger partial charge is 0.153 e. The Hall–Kier alpha value is -2.80. The van der Waals surface area contributed by atoms with E-state index in [9.17, 15) is 0 Å². The molecule has 0 N–H and O–H groups in total. The minimum atomic E-state index is 0.928. The Balaban J connectivity index is 1.61. The second kappa shape index (κ2) is 6.17. The molecule has 6 nitrogen and oxygen atoms in total. The van der Waals surface area contributed by atoms with Crippen LogP contribution in [0, 0.1) is 6.92 Å². The fraction of sp³-hybridized carbons (Fsp3) is 0.263. The summed E-state index contributed by atoms with van der Waals surface area (Å²) in [7, 11) is 0. The maximum atomic E-state index is 4.60. The summed E-state index contributed by atoms with van der Waals surface area (Å²) in [6, 6.07) is 8.50. The first-order valence-electron chi connectivity index (χ1n) is 8.77. The third-order valence-electron chi connectivity index (χ3n) is 4.93. The van der Waals surface area contributed by atoms with Crippen molar-refractivity contribution >= 4 is 28.3 Å². The number of fused-ring (bicyclic) bond motifs is 1. The van der Waals surface area contributed by atoms with Crippen molar-refractivity contribution < 1.29 is 0 Å². The van der Waals surface area contributed by atoms with Crippen LogP contribution in [0.5, 0.6) is 0 Å². The quantitative estimate of drug-likeness (QED) is 0.554. The van der Waals surface area contributed by atoms with Crippen molar-refractivity contribution in [2.45, 2.75) is 19.8 Å². The summed E-state index contributed by atoms with van der Waals surface area (Å²) < 4.78 is 6.24. The van der Waals surface area contributed by atoms with Gasteiger partial charge in [-0.25, -0.2) is 9.06 Å². The summed E-state index contributed by atoms with van der Waals surface area (Å²) in [6.45, 7) is 4.20. The molecule has 130 valence electrons. The van der Waals surface area contributed by atoms with E-state index in [0.29, 0.717) is 0 Å². The third-order valence-corrected chi connectivity index (χ3v) is 5.64. The average molecular weight is 362 g/mol. The molecule has 0 bridgehead atoms. The molecular formula is C19H18N6S. The van der Waals surface area contributed by atoms with Crippen molar-refractivity contribution in [3.63, 3.8) is 0 Å². The highest BCUT2D eigenvalue weighted by atomic mass is 32.1. The van der Waals surface area contributed by atoms with Crippen LogP contribution in [0.1, 0.15) is 17.7 Å². The van der Waals surface area contributed by atoms with Crippen LogP contribution < -0.4 is 4.90 Å². The highest BCUT2D eigenvalue weighted by Gasteiger charge is 2.16. The topological polar surface area (TPSA) is 59.7 Å². The predicted octanol–water partition coefficient (Wildman–Crippen LogP) is 3.85. The van der Waals surface area contributed by atoms with Gasteiger partial charge in [-0.2, -0.15) is 10.2 Å². The summed E-state index contributed by atoms with van der Waals surface area (Å²) in [6.07, 6.45) is 8.03. The SMILES string of the molecule is Cc1sncc1-c1ccc2cnn(-c3cnnc(N4CCCC4)c3)c2c1. The van der Waals surface area contributed by atoms with Gasteiger partial charge < -0.3 is 4.90 Å². The van der Waals surface area contributed by atoms with E-state index in [1.54, 1.807) is 6.20 Å². The van der Waals surface area contributed by atoms with Crippen LogP contribution in [0.2, 0.25) is 0 Å². The lowest BCUT2D eigenvalue weighted by Crippen LogP contribution is -2.19. The van der Waals surface area contributed by atoms with Crippen molar-refractivity contribution in [1.29, 1.82) is 0 Å². The van der Waals surface area contributed by atoms with E-state index in [2.05, 4.69) is 55.8 Å². The summed E-state index contributed by atoms with van der Waals surface area (Å²) in [5.74, 6) is 0.928. The van der Waals surface area contributed by atoms with Crippen molar-refractivity contribution in [2.75, 3.05) is 18.0 Å². The van der Waals surface area contributed by atoms with Crippen LogP contribution in [0.15, 0.2) is 42.9 Å². The molecule has 3 aromatic heterocycles. The van der Waals surface area contributed by atoms with Gasteiger partial charge in [0.15, 0.2) is 5.82 Å².